The molecule has 0 saturated carbocycles. The summed E-state index contributed by atoms with van der Waals surface area (Å²) in [6.45, 7) is 0.494. The molecule has 10 heteroatoms. The minimum Gasteiger partial charge on any atom is -0.497 e. The van der Waals surface area contributed by atoms with Crippen molar-refractivity contribution >= 4 is 33.4 Å². The average Bonchev–Trinajstić information content (AvgIpc) is 2.68. The van der Waals surface area contributed by atoms with Crippen molar-refractivity contribution in [3.63, 3.8) is 0 Å². The lowest BCUT2D eigenvalue weighted by Crippen LogP contribution is -2.51. The topological polar surface area (TPSA) is 79.0 Å². The zero-order valence-electron chi connectivity index (χ0n) is 15.8. The Hall–Kier alpha value is -2.20. The van der Waals surface area contributed by atoms with Gasteiger partial charge in [-0.1, -0.05) is 23.7 Å². The molecule has 29 heavy (non-hydrogen) atoms. The number of benzene rings is 2. The van der Waals surface area contributed by atoms with Crippen LogP contribution in [0.25, 0.3) is 0 Å². The molecule has 2 aromatic carbocycles. The van der Waals surface area contributed by atoms with E-state index < -0.39 is 21.9 Å². The van der Waals surface area contributed by atoms with E-state index in [4.69, 9.17) is 16.3 Å². The van der Waals surface area contributed by atoms with Crippen LogP contribution >= 0.6 is 11.6 Å². The van der Waals surface area contributed by atoms with E-state index >= 15 is 0 Å². The molecule has 0 unspecified atom stereocenters. The molecule has 0 aromatic heterocycles. The number of halogens is 2. The number of carbonyl (C=O) groups is 1. The fourth-order valence-corrected chi connectivity index (χ4v) is 4.83. The Morgan fingerprint density at radius 1 is 1.17 bits per heavy atom. The smallest absolute Gasteiger partial charge is 0.282 e. The summed E-state index contributed by atoms with van der Waals surface area (Å²) in [5.74, 6) is -0.436. The average molecular weight is 442 g/mol. The van der Waals surface area contributed by atoms with Gasteiger partial charge in [0.2, 0.25) is 5.91 Å². The van der Waals surface area contributed by atoms with E-state index in [1.165, 1.54) is 16.4 Å². The number of anilines is 1. The molecule has 0 atom stereocenters. The highest BCUT2D eigenvalue weighted by Crippen LogP contribution is 2.22. The lowest BCUT2D eigenvalue weighted by atomic mass is 10.2. The molecule has 7 nitrogen and oxygen atoms in total. The summed E-state index contributed by atoms with van der Waals surface area (Å²) in [7, 11) is -2.23. The first-order valence-corrected chi connectivity index (χ1v) is 10.7. The van der Waals surface area contributed by atoms with E-state index in [-0.39, 0.29) is 24.7 Å². The maximum atomic E-state index is 13.2. The molecule has 0 bridgehead atoms. The first kappa shape index (κ1) is 21.5. The number of methoxy groups -OCH3 is 1. The molecule has 0 radical (unpaired) electrons. The van der Waals surface area contributed by atoms with Crippen LogP contribution in [0.1, 0.15) is 12.0 Å². The maximum Gasteiger partial charge on any atom is 0.282 e. The third-order valence-electron chi connectivity index (χ3n) is 4.51. The molecule has 1 N–H and O–H groups in total. The summed E-state index contributed by atoms with van der Waals surface area (Å²) in [4.78, 5) is 12.3. The van der Waals surface area contributed by atoms with Gasteiger partial charge in [-0.2, -0.15) is 17.0 Å². The van der Waals surface area contributed by atoms with Gasteiger partial charge in [0.25, 0.3) is 10.2 Å². The number of nitrogens with zero attached hydrogens (tertiary/aromatic N) is 2. The SMILES string of the molecule is COc1ccc(CN2CCCN(CC(=O)Nc3ccc(F)c(Cl)c3)S2(=O)=O)cc1. The Bertz CT molecular complexity index is 985. The van der Waals surface area contributed by atoms with E-state index in [0.29, 0.717) is 24.4 Å². The zero-order chi connectivity index (χ0) is 21.0. The monoisotopic (exact) mass is 441 g/mol. The van der Waals surface area contributed by atoms with Gasteiger partial charge in [0, 0.05) is 25.3 Å². The third-order valence-corrected chi connectivity index (χ3v) is 6.73. The van der Waals surface area contributed by atoms with Gasteiger partial charge < -0.3 is 10.1 Å². The molecule has 1 fully saturated rings. The van der Waals surface area contributed by atoms with Gasteiger partial charge in [-0.25, -0.2) is 4.39 Å². The number of hydrogen-bond acceptors (Lipinski definition) is 4. The molecule has 2 aromatic rings. The second-order valence-electron chi connectivity index (χ2n) is 6.55. The van der Waals surface area contributed by atoms with Gasteiger partial charge in [-0.3, -0.25) is 4.79 Å². The molecule has 3 rings (SSSR count). The van der Waals surface area contributed by atoms with Gasteiger partial charge >= 0.3 is 0 Å². The summed E-state index contributed by atoms with van der Waals surface area (Å²) in [5.41, 5.74) is 1.12. The highest BCUT2D eigenvalue weighted by atomic mass is 35.5. The van der Waals surface area contributed by atoms with Crippen LogP contribution in [0.5, 0.6) is 5.75 Å². The number of carbonyl (C=O) groups excluding carboxylic acids is 1. The molecular weight excluding hydrogens is 421 g/mol. The maximum absolute atomic E-state index is 13.2. The van der Waals surface area contributed by atoms with Crippen molar-refractivity contribution in [3.8, 4) is 5.75 Å². The van der Waals surface area contributed by atoms with Crippen LogP contribution in [-0.4, -0.2) is 49.7 Å². The van der Waals surface area contributed by atoms with Crippen LogP contribution in [-0.2, 0) is 21.5 Å². The predicted octanol–water partition coefficient (Wildman–Crippen LogP) is 2.88. The number of nitrogens with one attached hydrogen (secondary N) is 1. The molecule has 1 amide bonds. The normalized spacial score (nSPS) is 17.1. The van der Waals surface area contributed by atoms with Crippen LogP contribution in [0.3, 0.4) is 0 Å². The van der Waals surface area contributed by atoms with E-state index in [9.17, 15) is 17.6 Å². The lowest BCUT2D eigenvalue weighted by molar-refractivity contribution is -0.116. The van der Waals surface area contributed by atoms with Crippen molar-refractivity contribution in [2.45, 2.75) is 13.0 Å². The van der Waals surface area contributed by atoms with E-state index in [2.05, 4.69) is 5.32 Å². The summed E-state index contributed by atoms with van der Waals surface area (Å²) < 4.78 is 46.6. The standard InChI is InChI=1S/C19H21ClFN3O4S/c1-28-16-6-3-14(4-7-16)12-23-9-2-10-24(29(23,26)27)13-19(25)22-15-5-8-18(21)17(20)11-15/h3-8,11H,2,9-10,12-13H2,1H3,(H,22,25). The number of rotatable bonds is 6. The van der Waals surface area contributed by atoms with Crippen molar-refractivity contribution in [3.05, 3.63) is 58.9 Å². The summed E-state index contributed by atoms with van der Waals surface area (Å²) in [6.07, 6.45) is 0.602. The lowest BCUT2D eigenvalue weighted by Gasteiger charge is -2.34. The van der Waals surface area contributed by atoms with Crippen molar-refractivity contribution in [2.24, 2.45) is 0 Å². The third kappa shape index (κ3) is 5.24. The first-order valence-electron chi connectivity index (χ1n) is 8.92. The largest absolute Gasteiger partial charge is 0.497 e. The molecule has 0 aliphatic carbocycles. The van der Waals surface area contributed by atoms with Crippen LogP contribution in [0.2, 0.25) is 5.02 Å². The number of hydrogen-bond donors (Lipinski definition) is 1. The number of ether oxygens (including phenoxy) is 1. The van der Waals surface area contributed by atoms with Crippen LogP contribution < -0.4 is 10.1 Å². The van der Waals surface area contributed by atoms with Gasteiger partial charge in [0.05, 0.1) is 18.7 Å². The first-order chi connectivity index (χ1) is 13.8. The summed E-state index contributed by atoms with van der Waals surface area (Å²) >= 11 is 5.70. The second kappa shape index (κ2) is 9.08. The summed E-state index contributed by atoms with van der Waals surface area (Å²) in [6, 6.07) is 10.9. The van der Waals surface area contributed by atoms with Gasteiger partial charge in [-0.05, 0) is 42.3 Å². The fraction of sp³-hybridized carbons (Fsp3) is 0.316. The minimum absolute atomic E-state index is 0.126. The zero-order valence-corrected chi connectivity index (χ0v) is 17.3. The Morgan fingerprint density at radius 2 is 1.86 bits per heavy atom. The Labute approximate surface area is 174 Å². The summed E-state index contributed by atoms with van der Waals surface area (Å²) in [5, 5.41) is 2.42. The van der Waals surface area contributed by atoms with E-state index in [1.54, 1.807) is 31.4 Å². The van der Waals surface area contributed by atoms with Crippen molar-refractivity contribution in [2.75, 3.05) is 32.1 Å². The second-order valence-corrected chi connectivity index (χ2v) is 8.89. The van der Waals surface area contributed by atoms with Crippen molar-refractivity contribution in [1.29, 1.82) is 0 Å². The Kier molecular flexibility index (Phi) is 6.74. The molecular formula is C19H21ClFN3O4S. The Balaban J connectivity index is 1.65. The highest BCUT2D eigenvalue weighted by molar-refractivity contribution is 7.86. The van der Waals surface area contributed by atoms with Gasteiger partial charge in [-0.15, -0.1) is 0 Å². The fourth-order valence-electron chi connectivity index (χ4n) is 3.01. The number of amides is 1. The molecule has 1 aliphatic rings. The van der Waals surface area contributed by atoms with Crippen LogP contribution in [0, 0.1) is 5.82 Å². The van der Waals surface area contributed by atoms with Gasteiger partial charge in [0.15, 0.2) is 0 Å². The van der Waals surface area contributed by atoms with Crippen molar-refractivity contribution in [1.82, 2.24) is 8.61 Å². The molecule has 1 heterocycles. The minimum atomic E-state index is -3.79. The molecule has 156 valence electrons. The molecule has 1 saturated heterocycles. The van der Waals surface area contributed by atoms with Crippen molar-refractivity contribution < 1.29 is 22.3 Å². The molecule has 1 aliphatic heterocycles. The van der Waals surface area contributed by atoms with Gasteiger partial charge in [0.1, 0.15) is 11.6 Å². The Morgan fingerprint density at radius 3 is 2.52 bits per heavy atom. The quantitative estimate of drug-likeness (QED) is 0.747. The predicted molar refractivity (Wildman–Crippen MR) is 109 cm³/mol. The van der Waals surface area contributed by atoms with E-state index in [0.717, 1.165) is 15.9 Å². The van der Waals surface area contributed by atoms with Crippen LogP contribution in [0.15, 0.2) is 42.5 Å². The highest BCUT2D eigenvalue weighted by Gasteiger charge is 2.34. The molecule has 0 spiro atoms. The van der Waals surface area contributed by atoms with E-state index in [1.807, 2.05) is 0 Å². The van der Waals surface area contributed by atoms with Crippen LogP contribution in [0.4, 0.5) is 10.1 Å².